The highest BCUT2D eigenvalue weighted by Gasteiger charge is 2.30. The number of benzene rings is 1. The fraction of sp³-hybridized carbons (Fsp3) is 0.571. The molecule has 1 saturated heterocycles. The van der Waals surface area contributed by atoms with Gasteiger partial charge in [-0.05, 0) is 19.4 Å². The Kier molecular flexibility index (Phi) is 4.15. The third-order valence-electron chi connectivity index (χ3n) is 2.81. The summed E-state index contributed by atoms with van der Waals surface area (Å²) in [6.07, 6.45) is 0.821. The number of hydrogen-bond acceptors (Lipinski definition) is 3. The van der Waals surface area contributed by atoms with E-state index in [2.05, 4.69) is 12.1 Å². The van der Waals surface area contributed by atoms with Gasteiger partial charge in [-0.3, -0.25) is 0 Å². The van der Waals surface area contributed by atoms with Crippen LogP contribution in [-0.4, -0.2) is 31.7 Å². The average molecular weight is 236 g/mol. The van der Waals surface area contributed by atoms with Gasteiger partial charge >= 0.3 is 0 Å². The zero-order valence-electron chi connectivity index (χ0n) is 10.5. The van der Waals surface area contributed by atoms with Crippen molar-refractivity contribution in [2.75, 3.05) is 19.8 Å². The predicted molar refractivity (Wildman–Crippen MR) is 65.9 cm³/mol. The summed E-state index contributed by atoms with van der Waals surface area (Å²) in [5, 5.41) is 0. The molecule has 0 amide bonds. The van der Waals surface area contributed by atoms with E-state index in [9.17, 15) is 0 Å². The van der Waals surface area contributed by atoms with Gasteiger partial charge in [0.2, 0.25) is 0 Å². The first-order valence-corrected chi connectivity index (χ1v) is 6.11. The minimum absolute atomic E-state index is 0.0593. The zero-order chi connectivity index (χ0) is 12.1. The van der Waals surface area contributed by atoms with E-state index >= 15 is 0 Å². The van der Waals surface area contributed by atoms with Crippen LogP contribution in [0.2, 0.25) is 0 Å². The van der Waals surface area contributed by atoms with Gasteiger partial charge in [0.25, 0.3) is 0 Å². The molecule has 3 heteroatoms. The summed E-state index contributed by atoms with van der Waals surface area (Å²) in [6.45, 7) is 5.86. The maximum Gasteiger partial charge on any atom is 0.170 e. The van der Waals surface area contributed by atoms with Gasteiger partial charge in [-0.15, -0.1) is 0 Å². The monoisotopic (exact) mass is 236 g/mol. The summed E-state index contributed by atoms with van der Waals surface area (Å²) in [7, 11) is 0. The molecule has 94 valence electrons. The molecule has 0 spiro atoms. The van der Waals surface area contributed by atoms with Gasteiger partial charge in [0.1, 0.15) is 0 Å². The van der Waals surface area contributed by atoms with Gasteiger partial charge in [-0.25, -0.2) is 0 Å². The van der Waals surface area contributed by atoms with Crippen LogP contribution >= 0.6 is 0 Å². The Hall–Kier alpha value is -0.900. The van der Waals surface area contributed by atoms with Crippen molar-refractivity contribution in [3.63, 3.8) is 0 Å². The molecule has 0 bridgehead atoms. The first-order chi connectivity index (χ1) is 8.18. The number of ether oxygens (including phenoxy) is 3. The first-order valence-electron chi connectivity index (χ1n) is 6.11. The molecular formula is C14H20O3. The fourth-order valence-corrected chi connectivity index (χ4v) is 2.12. The van der Waals surface area contributed by atoms with Crippen molar-refractivity contribution in [2.24, 2.45) is 0 Å². The van der Waals surface area contributed by atoms with Crippen molar-refractivity contribution in [2.45, 2.75) is 32.2 Å². The molecule has 2 rings (SSSR count). The van der Waals surface area contributed by atoms with Crippen LogP contribution in [0.25, 0.3) is 0 Å². The minimum Gasteiger partial charge on any atom is -0.376 e. The van der Waals surface area contributed by atoms with Crippen LogP contribution in [0.15, 0.2) is 30.3 Å². The fourth-order valence-electron chi connectivity index (χ4n) is 2.12. The quantitative estimate of drug-likeness (QED) is 0.789. The zero-order valence-corrected chi connectivity index (χ0v) is 10.5. The van der Waals surface area contributed by atoms with Crippen LogP contribution < -0.4 is 0 Å². The van der Waals surface area contributed by atoms with Crippen LogP contribution in [0.5, 0.6) is 0 Å². The van der Waals surface area contributed by atoms with Crippen molar-refractivity contribution in [3.05, 3.63) is 35.9 Å². The van der Waals surface area contributed by atoms with Crippen molar-refractivity contribution in [1.29, 1.82) is 0 Å². The van der Waals surface area contributed by atoms with Gasteiger partial charge in [-0.2, -0.15) is 0 Å². The van der Waals surface area contributed by atoms with E-state index in [0.717, 1.165) is 6.42 Å². The second kappa shape index (κ2) is 5.63. The molecule has 0 radical (unpaired) electrons. The van der Waals surface area contributed by atoms with E-state index in [-0.39, 0.29) is 6.10 Å². The van der Waals surface area contributed by atoms with Gasteiger partial charge in [0.15, 0.2) is 5.79 Å². The average Bonchev–Trinajstić information content (AvgIpc) is 2.27. The molecule has 2 unspecified atom stereocenters. The standard InChI is InChI=1S/C14H20O3/c1-12-11-15-8-9-16-14(2,17-12)10-13-6-4-3-5-7-13/h3-7,12H,8-11H2,1-2H3. The highest BCUT2D eigenvalue weighted by molar-refractivity contribution is 5.16. The lowest BCUT2D eigenvalue weighted by Crippen LogP contribution is -2.42. The van der Waals surface area contributed by atoms with Gasteiger partial charge < -0.3 is 14.2 Å². The summed E-state index contributed by atoms with van der Waals surface area (Å²) < 4.78 is 17.1. The molecule has 3 nitrogen and oxygen atoms in total. The molecule has 17 heavy (non-hydrogen) atoms. The first kappa shape index (κ1) is 12.6. The van der Waals surface area contributed by atoms with E-state index in [4.69, 9.17) is 14.2 Å². The molecule has 1 aromatic rings. The molecule has 0 aromatic heterocycles. The molecule has 0 saturated carbocycles. The van der Waals surface area contributed by atoms with Crippen molar-refractivity contribution in [1.82, 2.24) is 0 Å². The SMILES string of the molecule is CC1COCCOC(C)(Cc2ccccc2)O1. The summed E-state index contributed by atoms with van der Waals surface area (Å²) in [4.78, 5) is 0. The molecule has 0 N–H and O–H groups in total. The van der Waals surface area contributed by atoms with E-state index in [0.29, 0.717) is 19.8 Å². The molecule has 1 fully saturated rings. The second-order valence-corrected chi connectivity index (χ2v) is 4.65. The molecular weight excluding hydrogens is 216 g/mol. The molecule has 1 aliphatic heterocycles. The number of rotatable bonds is 2. The lowest BCUT2D eigenvalue weighted by molar-refractivity contribution is -0.270. The van der Waals surface area contributed by atoms with Gasteiger partial charge in [0.05, 0.1) is 25.9 Å². The molecule has 2 atom stereocenters. The summed E-state index contributed by atoms with van der Waals surface area (Å²) in [5.41, 5.74) is 1.23. The summed E-state index contributed by atoms with van der Waals surface area (Å²) >= 11 is 0. The second-order valence-electron chi connectivity index (χ2n) is 4.65. The lowest BCUT2D eigenvalue weighted by Gasteiger charge is -2.35. The van der Waals surface area contributed by atoms with Crippen molar-refractivity contribution in [3.8, 4) is 0 Å². The Labute approximate surface area is 103 Å². The smallest absolute Gasteiger partial charge is 0.170 e. The van der Waals surface area contributed by atoms with Crippen LogP contribution in [0.3, 0.4) is 0 Å². The molecule has 1 heterocycles. The van der Waals surface area contributed by atoms with Crippen molar-refractivity contribution >= 4 is 0 Å². The highest BCUT2D eigenvalue weighted by Crippen LogP contribution is 2.22. The molecule has 1 aromatic carbocycles. The highest BCUT2D eigenvalue weighted by atomic mass is 16.7. The summed E-state index contributed by atoms with van der Waals surface area (Å²) in [5.74, 6) is -0.551. The van der Waals surface area contributed by atoms with Crippen LogP contribution in [0, 0.1) is 0 Å². The van der Waals surface area contributed by atoms with E-state index in [1.807, 2.05) is 32.0 Å². The van der Waals surface area contributed by atoms with Crippen LogP contribution in [-0.2, 0) is 20.6 Å². The molecule has 1 aliphatic rings. The Bertz CT molecular complexity index is 339. The largest absolute Gasteiger partial charge is 0.376 e. The lowest BCUT2D eigenvalue weighted by atomic mass is 10.1. The van der Waals surface area contributed by atoms with Crippen LogP contribution in [0.1, 0.15) is 19.4 Å². The predicted octanol–water partition coefficient (Wildman–Crippen LogP) is 2.40. The normalized spacial score (nSPS) is 30.6. The number of hydrogen-bond donors (Lipinski definition) is 0. The maximum absolute atomic E-state index is 5.94. The topological polar surface area (TPSA) is 27.7 Å². The Morgan fingerprint density at radius 1 is 1.24 bits per heavy atom. The van der Waals surface area contributed by atoms with Crippen LogP contribution in [0.4, 0.5) is 0 Å². The van der Waals surface area contributed by atoms with E-state index in [1.54, 1.807) is 0 Å². The Balaban J connectivity index is 2.04. The Morgan fingerprint density at radius 2 is 2.00 bits per heavy atom. The maximum atomic E-state index is 5.94. The third-order valence-corrected chi connectivity index (χ3v) is 2.81. The Morgan fingerprint density at radius 3 is 2.76 bits per heavy atom. The minimum atomic E-state index is -0.551. The van der Waals surface area contributed by atoms with Gasteiger partial charge in [-0.1, -0.05) is 30.3 Å². The third kappa shape index (κ3) is 3.80. The van der Waals surface area contributed by atoms with E-state index < -0.39 is 5.79 Å². The molecule has 0 aliphatic carbocycles. The summed E-state index contributed by atoms with van der Waals surface area (Å²) in [6, 6.07) is 10.3. The van der Waals surface area contributed by atoms with Gasteiger partial charge in [0, 0.05) is 6.42 Å². The van der Waals surface area contributed by atoms with E-state index in [1.165, 1.54) is 5.56 Å². The van der Waals surface area contributed by atoms with Crippen molar-refractivity contribution < 1.29 is 14.2 Å².